The van der Waals surface area contributed by atoms with E-state index in [9.17, 15) is 4.79 Å². The van der Waals surface area contributed by atoms with Gasteiger partial charge < -0.3 is 0 Å². The molecular formula is C9H17AsO2S2. The van der Waals surface area contributed by atoms with Crippen LogP contribution >= 0.6 is 20.0 Å². The Morgan fingerprint density at radius 2 is 2.36 bits per heavy atom. The Kier molecular flexibility index (Phi) is 6.47. The Morgan fingerprint density at radius 1 is 1.57 bits per heavy atom. The van der Waals surface area contributed by atoms with Crippen LogP contribution in [-0.2, 0) is 4.79 Å². The van der Waals surface area contributed by atoms with Crippen LogP contribution in [0, 0.1) is 0 Å². The first-order valence-corrected chi connectivity index (χ1v) is 13.2. The van der Waals surface area contributed by atoms with Gasteiger partial charge in [-0.1, -0.05) is 0 Å². The second-order valence-electron chi connectivity index (χ2n) is 3.43. The minimum absolute atomic E-state index is 0.347. The summed E-state index contributed by atoms with van der Waals surface area (Å²) in [4.78, 5) is 10.3. The fraction of sp³-hybridized carbons (Fsp3) is 0.889. The van der Waals surface area contributed by atoms with E-state index in [2.05, 4.69) is 25.8 Å². The first kappa shape index (κ1) is 12.8. The van der Waals surface area contributed by atoms with Crippen molar-refractivity contribution in [3.05, 3.63) is 0 Å². The van der Waals surface area contributed by atoms with Crippen LogP contribution in [0.5, 0.6) is 0 Å². The first-order valence-electron chi connectivity index (χ1n) is 4.93. The molecule has 1 heterocycles. The second-order valence-corrected chi connectivity index (χ2v) is 16.7. The Bertz CT molecular complexity index is 190. The molecule has 0 aliphatic carbocycles. The number of hydrogen-bond donors (Lipinski definition) is 1. The standard InChI is InChI=1S/C9H17AsO2S2/c1-10-13-7-6-8(14-10)4-2-3-5-9(11)12/h8H,2-7H2,1H3,(H,11,12). The molecule has 1 N–H and O–H groups in total. The maximum absolute atomic E-state index is 10.3. The molecule has 1 aliphatic rings. The van der Waals surface area contributed by atoms with Gasteiger partial charge in [-0.2, -0.15) is 0 Å². The predicted molar refractivity (Wildman–Crippen MR) is 66.2 cm³/mol. The maximum atomic E-state index is 10.3. The zero-order valence-corrected chi connectivity index (χ0v) is 11.9. The number of unbranched alkanes of at least 4 members (excludes halogenated alkanes) is 1. The van der Waals surface area contributed by atoms with Crippen molar-refractivity contribution < 1.29 is 9.90 Å². The summed E-state index contributed by atoms with van der Waals surface area (Å²) >= 11 is -0.569. The third-order valence-corrected chi connectivity index (χ3v) is 14.2. The van der Waals surface area contributed by atoms with E-state index in [4.69, 9.17) is 5.11 Å². The van der Waals surface area contributed by atoms with Crippen LogP contribution in [0.3, 0.4) is 0 Å². The van der Waals surface area contributed by atoms with Gasteiger partial charge in [0.1, 0.15) is 0 Å². The summed E-state index contributed by atoms with van der Waals surface area (Å²) in [5.41, 5.74) is 2.41. The van der Waals surface area contributed by atoms with Crippen molar-refractivity contribution in [3.8, 4) is 0 Å². The van der Waals surface area contributed by atoms with Gasteiger partial charge in [-0.3, -0.25) is 0 Å². The zero-order chi connectivity index (χ0) is 10.4. The molecular weight excluding hydrogens is 279 g/mol. The summed E-state index contributed by atoms with van der Waals surface area (Å²) in [6.07, 6.45) is 4.87. The summed E-state index contributed by atoms with van der Waals surface area (Å²) < 4.78 is 0. The van der Waals surface area contributed by atoms with Crippen LogP contribution in [0.1, 0.15) is 32.1 Å². The molecule has 1 aliphatic heterocycles. The molecule has 5 heteroatoms. The van der Waals surface area contributed by atoms with Crippen molar-refractivity contribution in [3.63, 3.8) is 0 Å². The van der Waals surface area contributed by atoms with Gasteiger partial charge >= 0.3 is 97.1 Å². The van der Waals surface area contributed by atoms with Crippen LogP contribution in [-0.4, -0.2) is 34.4 Å². The molecule has 2 nitrogen and oxygen atoms in total. The van der Waals surface area contributed by atoms with Crippen LogP contribution in [0.2, 0.25) is 5.71 Å². The van der Waals surface area contributed by atoms with E-state index in [1.165, 1.54) is 18.6 Å². The molecule has 0 radical (unpaired) electrons. The molecule has 1 saturated heterocycles. The van der Waals surface area contributed by atoms with E-state index in [1.54, 1.807) is 0 Å². The quantitative estimate of drug-likeness (QED) is 0.625. The van der Waals surface area contributed by atoms with Gasteiger partial charge in [-0.05, 0) is 0 Å². The normalized spacial score (nSPS) is 27.5. The molecule has 1 fully saturated rings. The number of carboxylic acids is 1. The number of aliphatic carboxylic acids is 1. The predicted octanol–water partition coefficient (Wildman–Crippen LogP) is 2.99. The number of hydrogen-bond acceptors (Lipinski definition) is 3. The molecule has 2 atom stereocenters. The van der Waals surface area contributed by atoms with Crippen LogP contribution in [0.15, 0.2) is 0 Å². The molecule has 0 aromatic carbocycles. The van der Waals surface area contributed by atoms with E-state index in [1.807, 2.05) is 0 Å². The number of carbonyl (C=O) groups is 1. The fourth-order valence-corrected chi connectivity index (χ4v) is 13.9. The van der Waals surface area contributed by atoms with Gasteiger partial charge in [0.05, 0.1) is 0 Å². The van der Waals surface area contributed by atoms with Crippen molar-refractivity contribution in [2.75, 3.05) is 5.75 Å². The molecule has 0 aromatic heterocycles. The second kappa shape index (κ2) is 7.08. The summed E-state index contributed by atoms with van der Waals surface area (Å²) in [6.45, 7) is 0. The summed E-state index contributed by atoms with van der Waals surface area (Å²) in [5.74, 6) is 0.688. The van der Waals surface area contributed by atoms with Crippen molar-refractivity contribution in [1.82, 2.24) is 0 Å². The monoisotopic (exact) mass is 296 g/mol. The summed E-state index contributed by atoms with van der Waals surface area (Å²) in [7, 11) is 4.39. The topological polar surface area (TPSA) is 37.3 Å². The number of rotatable bonds is 5. The van der Waals surface area contributed by atoms with E-state index >= 15 is 0 Å². The molecule has 82 valence electrons. The molecule has 0 amide bonds. The zero-order valence-electron chi connectivity index (χ0n) is 8.44. The van der Waals surface area contributed by atoms with E-state index < -0.39 is 18.3 Å². The van der Waals surface area contributed by atoms with Gasteiger partial charge in [0.25, 0.3) is 0 Å². The average molecular weight is 296 g/mol. The fourth-order valence-electron chi connectivity index (χ4n) is 1.45. The van der Waals surface area contributed by atoms with Crippen molar-refractivity contribution in [2.24, 2.45) is 0 Å². The van der Waals surface area contributed by atoms with Gasteiger partial charge in [0.15, 0.2) is 0 Å². The minimum atomic E-state index is -0.653. The average Bonchev–Trinajstić information content (AvgIpc) is 2.12. The first-order chi connectivity index (χ1) is 6.68. The molecule has 0 aromatic rings. The Balaban J connectivity index is 2.03. The third-order valence-electron chi connectivity index (χ3n) is 2.18. The van der Waals surface area contributed by atoms with Crippen molar-refractivity contribution >= 4 is 38.4 Å². The van der Waals surface area contributed by atoms with Gasteiger partial charge in [-0.25, -0.2) is 0 Å². The Morgan fingerprint density at radius 3 is 3.00 bits per heavy atom. The molecule has 1 rings (SSSR count). The Hall–Kier alpha value is 0.728. The van der Waals surface area contributed by atoms with Gasteiger partial charge in [-0.15, -0.1) is 0 Å². The van der Waals surface area contributed by atoms with E-state index in [-0.39, 0.29) is 0 Å². The Labute approximate surface area is 96.8 Å². The van der Waals surface area contributed by atoms with Crippen LogP contribution < -0.4 is 0 Å². The molecule has 0 spiro atoms. The molecule has 0 saturated carbocycles. The summed E-state index contributed by atoms with van der Waals surface area (Å²) in [6, 6.07) is 0. The molecule has 0 bridgehead atoms. The molecule has 14 heavy (non-hydrogen) atoms. The van der Waals surface area contributed by atoms with Crippen molar-refractivity contribution in [2.45, 2.75) is 43.1 Å². The SMILES string of the molecule is C[As]1SCCC(CCCCC(=O)O)S1. The van der Waals surface area contributed by atoms with E-state index in [0.29, 0.717) is 6.42 Å². The van der Waals surface area contributed by atoms with Crippen molar-refractivity contribution in [1.29, 1.82) is 0 Å². The van der Waals surface area contributed by atoms with Crippen LogP contribution in [0.25, 0.3) is 0 Å². The van der Waals surface area contributed by atoms with E-state index in [0.717, 1.165) is 18.1 Å². The summed E-state index contributed by atoms with van der Waals surface area (Å²) in [5, 5.41) is 9.33. The number of carboxylic acid groups (broad SMARTS) is 1. The molecule has 2 unspecified atom stereocenters. The van der Waals surface area contributed by atoms with Crippen LogP contribution in [0.4, 0.5) is 0 Å². The third kappa shape index (κ3) is 5.57. The van der Waals surface area contributed by atoms with Gasteiger partial charge in [0, 0.05) is 0 Å². The van der Waals surface area contributed by atoms with Gasteiger partial charge in [0.2, 0.25) is 0 Å².